The van der Waals surface area contributed by atoms with E-state index in [9.17, 15) is 19.8 Å². The quantitative estimate of drug-likeness (QED) is 0.0320. The molecular formula is C74H143NO5. The fourth-order valence-electron chi connectivity index (χ4n) is 11.6. The molecule has 2 atom stereocenters. The number of rotatable bonds is 69. The van der Waals surface area contributed by atoms with Gasteiger partial charge in [-0.1, -0.05) is 366 Å². The lowest BCUT2D eigenvalue weighted by Gasteiger charge is -2.20. The van der Waals surface area contributed by atoms with Gasteiger partial charge in [0.1, 0.15) is 0 Å². The number of amides is 1. The number of hydrogen-bond donors (Lipinski definition) is 3. The highest BCUT2D eigenvalue weighted by molar-refractivity contribution is 5.76. The van der Waals surface area contributed by atoms with Gasteiger partial charge < -0.3 is 20.3 Å². The summed E-state index contributed by atoms with van der Waals surface area (Å²) in [4.78, 5) is 24.6. The van der Waals surface area contributed by atoms with E-state index >= 15 is 0 Å². The maximum atomic E-state index is 12.5. The van der Waals surface area contributed by atoms with E-state index in [-0.39, 0.29) is 18.5 Å². The van der Waals surface area contributed by atoms with Crippen molar-refractivity contribution in [3.8, 4) is 0 Å². The van der Waals surface area contributed by atoms with Gasteiger partial charge in [0.15, 0.2) is 0 Å². The van der Waals surface area contributed by atoms with Crippen LogP contribution in [-0.4, -0.2) is 47.4 Å². The first kappa shape index (κ1) is 78.3. The Bertz CT molecular complexity index is 1250. The van der Waals surface area contributed by atoms with E-state index in [0.29, 0.717) is 19.4 Å². The van der Waals surface area contributed by atoms with Crippen molar-refractivity contribution in [2.45, 2.75) is 424 Å². The Morgan fingerprint density at radius 2 is 0.588 bits per heavy atom. The molecule has 474 valence electrons. The number of unbranched alkanes of at least 4 members (excludes halogenated alkanes) is 56. The summed E-state index contributed by atoms with van der Waals surface area (Å²) in [6.07, 6.45) is 88.4. The highest BCUT2D eigenvalue weighted by Crippen LogP contribution is 2.19. The molecule has 6 nitrogen and oxygen atoms in total. The zero-order chi connectivity index (χ0) is 57.8. The van der Waals surface area contributed by atoms with Crippen LogP contribution < -0.4 is 5.32 Å². The fourth-order valence-corrected chi connectivity index (χ4v) is 11.6. The normalized spacial score (nSPS) is 12.6. The van der Waals surface area contributed by atoms with E-state index in [1.165, 1.54) is 347 Å². The van der Waals surface area contributed by atoms with Crippen LogP contribution in [0, 0.1) is 0 Å². The summed E-state index contributed by atoms with van der Waals surface area (Å²) in [7, 11) is 0. The lowest BCUT2D eigenvalue weighted by atomic mass is 10.0. The Kier molecular flexibility index (Phi) is 68.4. The second-order valence-electron chi connectivity index (χ2n) is 25.3. The smallest absolute Gasteiger partial charge is 0.305 e. The van der Waals surface area contributed by atoms with Crippen LogP contribution in [0.2, 0.25) is 0 Å². The topological polar surface area (TPSA) is 95.9 Å². The molecule has 6 heteroatoms. The molecule has 0 spiro atoms. The Labute approximate surface area is 501 Å². The number of carbonyl (C=O) groups is 2. The van der Waals surface area contributed by atoms with Gasteiger partial charge in [-0.2, -0.15) is 0 Å². The number of carbonyl (C=O) groups excluding carboxylic acids is 2. The lowest BCUT2D eigenvalue weighted by Crippen LogP contribution is -2.45. The predicted molar refractivity (Wildman–Crippen MR) is 352 cm³/mol. The molecule has 0 aromatic rings. The molecule has 0 radical (unpaired) electrons. The first-order chi connectivity index (χ1) is 39.5. The minimum absolute atomic E-state index is 0.0185. The third-order valence-corrected chi connectivity index (χ3v) is 17.2. The van der Waals surface area contributed by atoms with Crippen molar-refractivity contribution in [1.82, 2.24) is 5.32 Å². The molecule has 0 aliphatic heterocycles. The minimum Gasteiger partial charge on any atom is -0.466 e. The second-order valence-corrected chi connectivity index (χ2v) is 25.3. The maximum Gasteiger partial charge on any atom is 0.305 e. The van der Waals surface area contributed by atoms with Crippen molar-refractivity contribution in [3.63, 3.8) is 0 Å². The van der Waals surface area contributed by atoms with Gasteiger partial charge in [0, 0.05) is 12.8 Å². The van der Waals surface area contributed by atoms with Crippen molar-refractivity contribution in [1.29, 1.82) is 0 Å². The van der Waals surface area contributed by atoms with Crippen LogP contribution in [-0.2, 0) is 14.3 Å². The standard InChI is InChI=1S/C74H143NO5/c1-3-5-7-9-11-13-15-17-18-19-20-30-33-36-39-43-46-50-54-58-62-66-72(77)71(70-76)75-73(78)67-63-59-55-51-47-44-40-37-34-31-28-26-24-22-21-23-25-27-29-32-35-38-41-45-49-53-57-61-65-69-80-74(79)68-64-60-56-52-48-42-16-14-12-10-8-6-4-2/h21,23,62,66,71-72,76-77H,3-20,22,24-61,63-65,67-70H2,1-2H3,(H,75,78)/b23-21-,66-62+. The molecule has 1 amide bonds. The van der Waals surface area contributed by atoms with Crippen LogP contribution in [0.5, 0.6) is 0 Å². The zero-order valence-corrected chi connectivity index (χ0v) is 54.3. The predicted octanol–water partition coefficient (Wildman–Crippen LogP) is 23.7. The molecule has 0 saturated heterocycles. The lowest BCUT2D eigenvalue weighted by molar-refractivity contribution is -0.143. The average Bonchev–Trinajstić information content (AvgIpc) is 3.46. The van der Waals surface area contributed by atoms with Crippen molar-refractivity contribution >= 4 is 11.9 Å². The van der Waals surface area contributed by atoms with E-state index in [2.05, 4.69) is 31.3 Å². The van der Waals surface area contributed by atoms with Gasteiger partial charge in [0.05, 0.1) is 25.4 Å². The molecule has 0 heterocycles. The number of aliphatic hydroxyl groups is 2. The number of ether oxygens (including phenoxy) is 1. The van der Waals surface area contributed by atoms with E-state index in [4.69, 9.17) is 4.74 Å². The van der Waals surface area contributed by atoms with Gasteiger partial charge in [0.25, 0.3) is 0 Å². The van der Waals surface area contributed by atoms with Gasteiger partial charge in [0.2, 0.25) is 5.91 Å². The van der Waals surface area contributed by atoms with Crippen LogP contribution in [0.1, 0.15) is 412 Å². The largest absolute Gasteiger partial charge is 0.466 e. The van der Waals surface area contributed by atoms with Crippen LogP contribution in [0.25, 0.3) is 0 Å². The Morgan fingerprint density at radius 1 is 0.338 bits per heavy atom. The summed E-state index contributed by atoms with van der Waals surface area (Å²) in [6.45, 7) is 4.95. The summed E-state index contributed by atoms with van der Waals surface area (Å²) in [6, 6.07) is -0.628. The van der Waals surface area contributed by atoms with E-state index in [0.717, 1.165) is 38.5 Å². The molecule has 80 heavy (non-hydrogen) atoms. The molecule has 0 aromatic carbocycles. The van der Waals surface area contributed by atoms with Crippen molar-refractivity contribution < 1.29 is 24.5 Å². The molecule has 2 unspecified atom stereocenters. The summed E-state index contributed by atoms with van der Waals surface area (Å²) >= 11 is 0. The Balaban J connectivity index is 3.39. The number of allylic oxidation sites excluding steroid dienone is 3. The number of aliphatic hydroxyl groups excluding tert-OH is 2. The fraction of sp³-hybridized carbons (Fsp3) is 0.919. The average molecular weight is 1130 g/mol. The third kappa shape index (κ3) is 65.5. The first-order valence-electron chi connectivity index (χ1n) is 36.6. The summed E-state index contributed by atoms with van der Waals surface area (Å²) < 4.78 is 5.49. The molecule has 0 aliphatic carbocycles. The van der Waals surface area contributed by atoms with Gasteiger partial charge in [-0.25, -0.2) is 0 Å². The molecule has 0 rings (SSSR count). The summed E-state index contributed by atoms with van der Waals surface area (Å²) in [5.41, 5.74) is 0. The molecule has 0 bridgehead atoms. The van der Waals surface area contributed by atoms with Gasteiger partial charge in [-0.3, -0.25) is 9.59 Å². The van der Waals surface area contributed by atoms with Gasteiger partial charge in [-0.15, -0.1) is 0 Å². The summed E-state index contributed by atoms with van der Waals surface area (Å²) in [5.74, 6) is -0.0443. The van der Waals surface area contributed by atoms with Crippen molar-refractivity contribution in [2.75, 3.05) is 13.2 Å². The SMILES string of the molecule is CCCCCCCCCCCCCCCCCCCCC/C=C/C(O)C(CO)NC(=O)CCCCCCCCCCCCCCC/C=C\CCCCCCCCCCCCCCOC(=O)CCCCCCCCCCCCCCC. The van der Waals surface area contributed by atoms with E-state index in [1.54, 1.807) is 6.08 Å². The van der Waals surface area contributed by atoms with E-state index < -0.39 is 12.1 Å². The molecule has 3 N–H and O–H groups in total. The monoisotopic (exact) mass is 1130 g/mol. The molecule has 0 aliphatic rings. The summed E-state index contributed by atoms with van der Waals surface area (Å²) in [5, 5.41) is 23.3. The highest BCUT2D eigenvalue weighted by Gasteiger charge is 2.18. The van der Waals surface area contributed by atoms with Crippen LogP contribution in [0.4, 0.5) is 0 Å². The number of nitrogens with one attached hydrogen (secondary N) is 1. The molecule has 0 fully saturated rings. The highest BCUT2D eigenvalue weighted by atomic mass is 16.5. The second kappa shape index (κ2) is 69.8. The first-order valence-corrected chi connectivity index (χ1v) is 36.6. The van der Waals surface area contributed by atoms with Crippen molar-refractivity contribution in [3.05, 3.63) is 24.3 Å². The van der Waals surface area contributed by atoms with Gasteiger partial charge >= 0.3 is 5.97 Å². The minimum atomic E-state index is -0.845. The van der Waals surface area contributed by atoms with Gasteiger partial charge in [-0.05, 0) is 57.8 Å². The zero-order valence-electron chi connectivity index (χ0n) is 54.3. The van der Waals surface area contributed by atoms with E-state index in [1.807, 2.05) is 6.08 Å². The maximum absolute atomic E-state index is 12.5. The van der Waals surface area contributed by atoms with Crippen LogP contribution >= 0.6 is 0 Å². The van der Waals surface area contributed by atoms with Crippen LogP contribution in [0.15, 0.2) is 24.3 Å². The third-order valence-electron chi connectivity index (χ3n) is 17.2. The Hall–Kier alpha value is -1.66. The van der Waals surface area contributed by atoms with Crippen LogP contribution in [0.3, 0.4) is 0 Å². The Morgan fingerprint density at radius 3 is 0.887 bits per heavy atom. The molecular weight excluding hydrogens is 983 g/mol. The molecule has 0 saturated carbocycles. The number of esters is 1. The molecule has 0 aromatic heterocycles. The van der Waals surface area contributed by atoms with Crippen molar-refractivity contribution in [2.24, 2.45) is 0 Å². The number of hydrogen-bond acceptors (Lipinski definition) is 5.